The predicted octanol–water partition coefficient (Wildman–Crippen LogP) is 1.74. The number of nitrogens with zero attached hydrogens (tertiary/aromatic N) is 2. The van der Waals surface area contributed by atoms with E-state index in [2.05, 4.69) is 26.1 Å². The van der Waals surface area contributed by atoms with Crippen LogP contribution in [0.25, 0.3) is 11.0 Å². The van der Waals surface area contributed by atoms with Crippen LogP contribution in [-0.4, -0.2) is 32.8 Å². The van der Waals surface area contributed by atoms with Gasteiger partial charge in [-0.15, -0.1) is 0 Å². The van der Waals surface area contributed by atoms with E-state index in [0.29, 0.717) is 13.0 Å². The molecular formula is C18H27N3O3. The summed E-state index contributed by atoms with van der Waals surface area (Å²) in [6.07, 6.45) is 0.668. The van der Waals surface area contributed by atoms with Crippen LogP contribution in [0, 0.1) is 5.41 Å². The van der Waals surface area contributed by atoms with E-state index in [4.69, 9.17) is 0 Å². The first-order valence-electron chi connectivity index (χ1n) is 8.35. The third kappa shape index (κ3) is 4.06. The van der Waals surface area contributed by atoms with Crippen LogP contribution in [0.4, 0.5) is 0 Å². The highest BCUT2D eigenvalue weighted by atomic mass is 16.3. The number of aliphatic hydroxyl groups is 1. The standard InChI is InChI=1S/C18H27N3O3/c1-5-20-14-8-6-7-9-15(14)21(17(20)24)11-16(23)19-13(12-22)10-18(2,3)4/h6-9,13,22H,5,10-12H2,1-4H3,(H,19,23). The predicted molar refractivity (Wildman–Crippen MR) is 95.0 cm³/mol. The van der Waals surface area contributed by atoms with Gasteiger partial charge in [-0.1, -0.05) is 32.9 Å². The fraction of sp³-hybridized carbons (Fsp3) is 0.556. The highest BCUT2D eigenvalue weighted by molar-refractivity contribution is 5.81. The molecule has 0 fully saturated rings. The molecule has 0 bridgehead atoms. The van der Waals surface area contributed by atoms with E-state index in [-0.39, 0.29) is 36.2 Å². The molecule has 2 rings (SSSR count). The van der Waals surface area contributed by atoms with Crippen molar-refractivity contribution in [2.75, 3.05) is 6.61 Å². The highest BCUT2D eigenvalue weighted by Gasteiger charge is 2.21. The molecule has 1 aromatic heterocycles. The van der Waals surface area contributed by atoms with E-state index in [1.54, 1.807) is 4.57 Å². The quantitative estimate of drug-likeness (QED) is 0.845. The van der Waals surface area contributed by atoms with E-state index < -0.39 is 0 Å². The van der Waals surface area contributed by atoms with Crippen molar-refractivity contribution in [2.45, 2.75) is 53.2 Å². The summed E-state index contributed by atoms with van der Waals surface area (Å²) in [7, 11) is 0. The van der Waals surface area contributed by atoms with Crippen molar-refractivity contribution in [2.24, 2.45) is 5.41 Å². The maximum Gasteiger partial charge on any atom is 0.329 e. The van der Waals surface area contributed by atoms with Gasteiger partial charge in [0.25, 0.3) is 0 Å². The molecule has 1 atom stereocenters. The van der Waals surface area contributed by atoms with Gasteiger partial charge in [0.2, 0.25) is 5.91 Å². The smallest absolute Gasteiger partial charge is 0.329 e. The summed E-state index contributed by atoms with van der Waals surface area (Å²) in [5.74, 6) is -0.264. The van der Waals surface area contributed by atoms with E-state index in [1.807, 2.05) is 31.2 Å². The van der Waals surface area contributed by atoms with Gasteiger partial charge in [-0.3, -0.25) is 13.9 Å². The Labute approximate surface area is 142 Å². The lowest BCUT2D eigenvalue weighted by atomic mass is 9.88. The van der Waals surface area contributed by atoms with Crippen molar-refractivity contribution in [1.82, 2.24) is 14.5 Å². The van der Waals surface area contributed by atoms with Crippen LogP contribution in [0.1, 0.15) is 34.1 Å². The number of aliphatic hydroxyl groups excluding tert-OH is 1. The second-order valence-corrected chi connectivity index (χ2v) is 7.31. The van der Waals surface area contributed by atoms with Gasteiger partial charge < -0.3 is 10.4 Å². The Kier molecular flexibility index (Phi) is 5.49. The number of benzene rings is 1. The van der Waals surface area contributed by atoms with E-state index >= 15 is 0 Å². The second kappa shape index (κ2) is 7.21. The number of rotatable bonds is 6. The summed E-state index contributed by atoms with van der Waals surface area (Å²) in [6.45, 7) is 8.46. The van der Waals surface area contributed by atoms with E-state index in [1.165, 1.54) is 4.57 Å². The molecule has 2 N–H and O–H groups in total. The number of amides is 1. The fourth-order valence-electron chi connectivity index (χ4n) is 3.05. The van der Waals surface area contributed by atoms with Gasteiger partial charge in [0, 0.05) is 6.54 Å². The summed E-state index contributed by atoms with van der Waals surface area (Å²) in [4.78, 5) is 24.9. The topological polar surface area (TPSA) is 76.3 Å². The zero-order chi connectivity index (χ0) is 17.9. The van der Waals surface area contributed by atoms with Crippen molar-refractivity contribution in [3.05, 3.63) is 34.7 Å². The Morgan fingerprint density at radius 1 is 1.21 bits per heavy atom. The molecule has 0 saturated carbocycles. The number of aryl methyl sites for hydroxylation is 1. The Hall–Kier alpha value is -2.08. The average Bonchev–Trinajstić information content (AvgIpc) is 2.77. The van der Waals surface area contributed by atoms with Crippen LogP contribution in [0.3, 0.4) is 0 Å². The zero-order valence-corrected chi connectivity index (χ0v) is 14.9. The van der Waals surface area contributed by atoms with E-state index in [0.717, 1.165) is 11.0 Å². The van der Waals surface area contributed by atoms with Gasteiger partial charge in [-0.2, -0.15) is 0 Å². The Morgan fingerprint density at radius 2 is 1.79 bits per heavy atom. The first kappa shape index (κ1) is 18.3. The summed E-state index contributed by atoms with van der Waals surface area (Å²) in [5, 5.41) is 12.3. The molecule has 0 spiro atoms. The molecule has 24 heavy (non-hydrogen) atoms. The lowest BCUT2D eigenvalue weighted by Crippen LogP contribution is -2.42. The van der Waals surface area contributed by atoms with Crippen LogP contribution in [0.15, 0.2) is 29.1 Å². The average molecular weight is 333 g/mol. The number of imidazole rings is 1. The van der Waals surface area contributed by atoms with E-state index in [9.17, 15) is 14.7 Å². The normalized spacial score (nSPS) is 13.2. The molecule has 1 aromatic carbocycles. The molecule has 0 aliphatic carbocycles. The van der Waals surface area contributed by atoms with Crippen LogP contribution in [0.5, 0.6) is 0 Å². The molecule has 6 nitrogen and oxygen atoms in total. The van der Waals surface area contributed by atoms with Crippen LogP contribution in [-0.2, 0) is 17.9 Å². The van der Waals surface area contributed by atoms with Gasteiger partial charge in [0.15, 0.2) is 0 Å². The van der Waals surface area contributed by atoms with Crippen molar-refractivity contribution in [1.29, 1.82) is 0 Å². The zero-order valence-electron chi connectivity index (χ0n) is 14.9. The minimum Gasteiger partial charge on any atom is -0.394 e. The largest absolute Gasteiger partial charge is 0.394 e. The number of carbonyl (C=O) groups excluding carboxylic acids is 1. The minimum absolute atomic E-state index is 0.00422. The monoisotopic (exact) mass is 333 g/mol. The molecule has 0 saturated heterocycles. The first-order chi connectivity index (χ1) is 11.3. The SMILES string of the molecule is CCn1c(=O)n(CC(=O)NC(CO)CC(C)(C)C)c2ccccc21. The number of fused-ring (bicyclic) bond motifs is 1. The third-order valence-corrected chi connectivity index (χ3v) is 3.99. The van der Waals surface area contributed by atoms with Crippen molar-refractivity contribution < 1.29 is 9.90 Å². The Balaban J connectivity index is 2.22. The van der Waals surface area contributed by atoms with Crippen LogP contribution >= 0.6 is 0 Å². The second-order valence-electron chi connectivity index (χ2n) is 7.31. The molecule has 0 radical (unpaired) electrons. The van der Waals surface area contributed by atoms with Gasteiger partial charge in [0.1, 0.15) is 6.54 Å². The molecule has 1 amide bonds. The molecule has 1 heterocycles. The van der Waals surface area contributed by atoms with Crippen LogP contribution in [0.2, 0.25) is 0 Å². The van der Waals surface area contributed by atoms with Crippen molar-refractivity contribution in [3.63, 3.8) is 0 Å². The van der Waals surface area contributed by atoms with Crippen LogP contribution < -0.4 is 11.0 Å². The summed E-state index contributed by atoms with van der Waals surface area (Å²) in [6, 6.07) is 7.14. The van der Waals surface area contributed by atoms with Gasteiger partial charge >= 0.3 is 5.69 Å². The molecule has 0 aliphatic heterocycles. The molecule has 6 heteroatoms. The van der Waals surface area contributed by atoms with Gasteiger partial charge in [-0.05, 0) is 30.9 Å². The number of carbonyl (C=O) groups is 1. The summed E-state index contributed by atoms with van der Waals surface area (Å²) < 4.78 is 3.14. The number of aromatic nitrogens is 2. The van der Waals surface area contributed by atoms with Crippen molar-refractivity contribution >= 4 is 16.9 Å². The highest BCUT2D eigenvalue weighted by Crippen LogP contribution is 2.20. The number of nitrogens with one attached hydrogen (secondary N) is 1. The third-order valence-electron chi connectivity index (χ3n) is 3.99. The summed E-state index contributed by atoms with van der Waals surface area (Å²) in [5.41, 5.74) is 1.38. The summed E-state index contributed by atoms with van der Waals surface area (Å²) >= 11 is 0. The van der Waals surface area contributed by atoms with Crippen molar-refractivity contribution in [3.8, 4) is 0 Å². The van der Waals surface area contributed by atoms with Gasteiger partial charge in [0.05, 0.1) is 23.7 Å². The molecule has 2 aromatic rings. The Bertz CT molecular complexity index is 768. The molecular weight excluding hydrogens is 306 g/mol. The molecule has 132 valence electrons. The first-order valence-corrected chi connectivity index (χ1v) is 8.35. The number of hydrogen-bond donors (Lipinski definition) is 2. The minimum atomic E-state index is -0.312. The molecule has 0 aliphatic rings. The maximum atomic E-state index is 12.5. The lowest BCUT2D eigenvalue weighted by Gasteiger charge is -2.25. The lowest BCUT2D eigenvalue weighted by molar-refractivity contribution is -0.122. The fourth-order valence-corrected chi connectivity index (χ4v) is 3.05. The van der Waals surface area contributed by atoms with Gasteiger partial charge in [-0.25, -0.2) is 4.79 Å². The molecule has 1 unspecified atom stereocenters. The maximum absolute atomic E-state index is 12.5. The number of hydrogen-bond acceptors (Lipinski definition) is 3. The Morgan fingerprint density at radius 3 is 2.29 bits per heavy atom. The number of para-hydroxylation sites is 2.